The van der Waals surface area contributed by atoms with Crippen LogP contribution in [0.2, 0.25) is 0 Å². The van der Waals surface area contributed by atoms with Crippen LogP contribution in [0.3, 0.4) is 0 Å². The minimum atomic E-state index is 0.252. The second kappa shape index (κ2) is 7.21. The van der Waals surface area contributed by atoms with E-state index in [0.717, 1.165) is 13.1 Å². The van der Waals surface area contributed by atoms with Gasteiger partial charge in [-0.25, -0.2) is 4.57 Å². The van der Waals surface area contributed by atoms with E-state index in [4.69, 9.17) is 0 Å². The van der Waals surface area contributed by atoms with Crippen LogP contribution in [0.15, 0.2) is 24.5 Å². The van der Waals surface area contributed by atoms with Crippen LogP contribution in [0.5, 0.6) is 0 Å². The average Bonchev–Trinajstić information content (AvgIpc) is 2.39. The first-order valence-corrected chi connectivity index (χ1v) is 8.03. The molecule has 0 N–H and O–H groups in total. The van der Waals surface area contributed by atoms with Crippen molar-refractivity contribution in [3.05, 3.63) is 30.1 Å². The molecule has 0 amide bonds. The van der Waals surface area contributed by atoms with Gasteiger partial charge < -0.3 is 0 Å². The van der Waals surface area contributed by atoms with Gasteiger partial charge in [-0.1, -0.05) is 34.6 Å². The van der Waals surface area contributed by atoms with Gasteiger partial charge >= 0.3 is 0 Å². The zero-order chi connectivity index (χ0) is 15.3. The van der Waals surface area contributed by atoms with Gasteiger partial charge in [-0.3, -0.25) is 4.90 Å². The highest BCUT2D eigenvalue weighted by Crippen LogP contribution is 2.43. The molecule has 114 valence electrons. The molecule has 0 fully saturated rings. The van der Waals surface area contributed by atoms with E-state index in [0.29, 0.717) is 12.0 Å². The van der Waals surface area contributed by atoms with Crippen molar-refractivity contribution < 1.29 is 4.57 Å². The van der Waals surface area contributed by atoms with Crippen molar-refractivity contribution in [2.24, 2.45) is 11.3 Å². The van der Waals surface area contributed by atoms with Gasteiger partial charge in [-0.05, 0) is 43.8 Å². The fraction of sp³-hybridized carbons (Fsp3) is 0.722. The Bertz CT molecular complexity index is 392. The summed E-state index contributed by atoms with van der Waals surface area (Å²) in [5.74, 6) is 0.644. The topological polar surface area (TPSA) is 7.12 Å². The van der Waals surface area contributed by atoms with Gasteiger partial charge in [-0.15, -0.1) is 0 Å². The highest BCUT2D eigenvalue weighted by molar-refractivity contribution is 5.17. The van der Waals surface area contributed by atoms with E-state index >= 15 is 0 Å². The monoisotopic (exact) mass is 277 g/mol. The maximum absolute atomic E-state index is 2.52. The Labute approximate surface area is 125 Å². The van der Waals surface area contributed by atoms with Crippen LogP contribution in [-0.4, -0.2) is 18.5 Å². The minimum absolute atomic E-state index is 0.252. The molecule has 0 aromatic carbocycles. The van der Waals surface area contributed by atoms with E-state index in [9.17, 15) is 0 Å². The zero-order valence-corrected chi connectivity index (χ0v) is 14.5. The molecule has 20 heavy (non-hydrogen) atoms. The molecule has 0 radical (unpaired) electrons. The number of pyridine rings is 1. The average molecular weight is 277 g/mol. The molecule has 1 aromatic rings. The quantitative estimate of drug-likeness (QED) is 0.682. The Kier molecular flexibility index (Phi) is 6.19. The molecule has 1 rings (SSSR count). The highest BCUT2D eigenvalue weighted by atomic mass is 15.1. The predicted octanol–water partition coefficient (Wildman–Crippen LogP) is 4.06. The standard InChI is InChI=1S/C18H33N2/c1-8-12-19(7)17(18(5,6)15(3)4)16-10-13-20(9-2)14-11-16/h10-11,13-15,17H,8-9,12H2,1-7H3/q+1. The number of rotatable bonds is 7. The molecule has 0 saturated carbocycles. The van der Waals surface area contributed by atoms with Crippen molar-refractivity contribution in [2.75, 3.05) is 13.6 Å². The van der Waals surface area contributed by atoms with E-state index in [1.54, 1.807) is 0 Å². The minimum Gasteiger partial charge on any atom is -0.299 e. The molecule has 2 heteroatoms. The van der Waals surface area contributed by atoms with Crippen molar-refractivity contribution in [2.45, 2.75) is 60.5 Å². The summed E-state index contributed by atoms with van der Waals surface area (Å²) in [5, 5.41) is 0. The molecule has 0 aliphatic rings. The summed E-state index contributed by atoms with van der Waals surface area (Å²) in [6.45, 7) is 16.1. The third-order valence-electron chi connectivity index (χ3n) is 4.81. The SMILES string of the molecule is CCCN(C)C(c1cc[n+](CC)cc1)C(C)(C)C(C)C. The van der Waals surface area contributed by atoms with Gasteiger partial charge in [0, 0.05) is 18.2 Å². The van der Waals surface area contributed by atoms with E-state index in [2.05, 4.69) is 82.6 Å². The van der Waals surface area contributed by atoms with Gasteiger partial charge in [0.2, 0.25) is 0 Å². The maximum Gasteiger partial charge on any atom is 0.169 e. The van der Waals surface area contributed by atoms with Crippen LogP contribution in [0, 0.1) is 11.3 Å². The lowest BCUT2D eigenvalue weighted by atomic mass is 9.71. The molecule has 1 aromatic heterocycles. The van der Waals surface area contributed by atoms with Crippen molar-refractivity contribution >= 4 is 0 Å². The molecule has 1 atom stereocenters. The Balaban J connectivity index is 3.15. The molecule has 0 bridgehead atoms. The van der Waals surface area contributed by atoms with Gasteiger partial charge in [-0.2, -0.15) is 0 Å². The van der Waals surface area contributed by atoms with Crippen LogP contribution >= 0.6 is 0 Å². The molecule has 0 aliphatic heterocycles. The van der Waals surface area contributed by atoms with Gasteiger partial charge in [0.15, 0.2) is 12.4 Å². The fourth-order valence-corrected chi connectivity index (χ4v) is 2.91. The van der Waals surface area contributed by atoms with Crippen LogP contribution in [0.4, 0.5) is 0 Å². The van der Waals surface area contributed by atoms with E-state index in [-0.39, 0.29) is 5.41 Å². The summed E-state index contributed by atoms with van der Waals surface area (Å²) in [6.07, 6.45) is 5.61. The lowest BCUT2D eigenvalue weighted by molar-refractivity contribution is -0.693. The van der Waals surface area contributed by atoms with Crippen LogP contribution in [-0.2, 0) is 6.54 Å². The largest absolute Gasteiger partial charge is 0.299 e. The second-order valence-electron chi connectivity index (χ2n) is 6.82. The molecular weight excluding hydrogens is 244 g/mol. The summed E-state index contributed by atoms with van der Waals surface area (Å²) in [4.78, 5) is 2.52. The summed E-state index contributed by atoms with van der Waals surface area (Å²) in [7, 11) is 2.26. The first-order valence-electron chi connectivity index (χ1n) is 8.03. The third-order valence-corrected chi connectivity index (χ3v) is 4.81. The zero-order valence-electron chi connectivity index (χ0n) is 14.5. The van der Waals surface area contributed by atoms with Crippen LogP contribution in [0.1, 0.15) is 59.6 Å². The van der Waals surface area contributed by atoms with E-state index in [1.165, 1.54) is 12.0 Å². The molecule has 0 spiro atoms. The lowest BCUT2D eigenvalue weighted by Gasteiger charge is -2.43. The maximum atomic E-state index is 2.52. The number of aromatic nitrogens is 1. The molecule has 1 unspecified atom stereocenters. The summed E-state index contributed by atoms with van der Waals surface area (Å²) < 4.78 is 2.22. The Morgan fingerprint density at radius 2 is 1.70 bits per heavy atom. The van der Waals surface area contributed by atoms with Crippen LogP contribution < -0.4 is 4.57 Å². The Morgan fingerprint density at radius 1 is 1.15 bits per heavy atom. The van der Waals surface area contributed by atoms with E-state index < -0.39 is 0 Å². The van der Waals surface area contributed by atoms with E-state index in [1.807, 2.05) is 0 Å². The molecule has 0 saturated heterocycles. The molecule has 1 heterocycles. The summed E-state index contributed by atoms with van der Waals surface area (Å²) >= 11 is 0. The highest BCUT2D eigenvalue weighted by Gasteiger charge is 2.36. The number of hydrogen-bond donors (Lipinski definition) is 0. The normalized spacial score (nSPS) is 14.1. The first kappa shape index (κ1) is 17.2. The second-order valence-corrected chi connectivity index (χ2v) is 6.82. The smallest absolute Gasteiger partial charge is 0.169 e. The fourth-order valence-electron chi connectivity index (χ4n) is 2.91. The Hall–Kier alpha value is -0.890. The molecule has 2 nitrogen and oxygen atoms in total. The van der Waals surface area contributed by atoms with Gasteiger partial charge in [0.25, 0.3) is 0 Å². The summed E-state index contributed by atoms with van der Waals surface area (Å²) in [5.41, 5.74) is 1.69. The van der Waals surface area contributed by atoms with Crippen molar-refractivity contribution in [1.29, 1.82) is 0 Å². The first-order chi connectivity index (χ1) is 9.34. The van der Waals surface area contributed by atoms with Gasteiger partial charge in [0.1, 0.15) is 6.54 Å². The summed E-state index contributed by atoms with van der Waals surface area (Å²) in [6, 6.07) is 5.06. The van der Waals surface area contributed by atoms with Crippen molar-refractivity contribution in [3.63, 3.8) is 0 Å². The number of hydrogen-bond acceptors (Lipinski definition) is 1. The molecular formula is C18H33N2+. The predicted molar refractivity (Wildman–Crippen MR) is 86.6 cm³/mol. The number of aryl methyl sites for hydroxylation is 1. The Morgan fingerprint density at radius 3 is 2.10 bits per heavy atom. The lowest BCUT2D eigenvalue weighted by Crippen LogP contribution is -2.40. The van der Waals surface area contributed by atoms with Gasteiger partial charge in [0.05, 0.1) is 0 Å². The molecule has 0 aliphatic carbocycles. The number of nitrogens with zero attached hydrogens (tertiary/aromatic N) is 2. The third kappa shape index (κ3) is 3.82. The van der Waals surface area contributed by atoms with Crippen molar-refractivity contribution in [1.82, 2.24) is 4.90 Å². The van der Waals surface area contributed by atoms with Crippen LogP contribution in [0.25, 0.3) is 0 Å². The van der Waals surface area contributed by atoms with Crippen molar-refractivity contribution in [3.8, 4) is 0 Å².